The first-order valence-electron chi connectivity index (χ1n) is 9.37. The molecule has 4 aromatic rings. The first-order chi connectivity index (χ1) is 15.1. The van der Waals surface area contributed by atoms with E-state index < -0.39 is 17.8 Å². The van der Waals surface area contributed by atoms with Crippen LogP contribution in [0.3, 0.4) is 0 Å². The number of fused-ring (bicyclic) bond motifs is 1. The lowest BCUT2D eigenvalue weighted by molar-refractivity contribution is -0.137. The number of urea groups is 1. The van der Waals surface area contributed by atoms with Crippen molar-refractivity contribution in [3.63, 3.8) is 0 Å². The number of hydrogen-bond donors (Lipinski definition) is 4. The van der Waals surface area contributed by atoms with Crippen molar-refractivity contribution in [1.29, 1.82) is 0 Å². The number of H-pyrrole nitrogens is 1. The Kier molecular flexibility index (Phi) is 5.12. The maximum Gasteiger partial charge on any atom is 0.418 e. The number of halogens is 3. The fourth-order valence-electron chi connectivity index (χ4n) is 3.22. The molecule has 2 amide bonds. The van der Waals surface area contributed by atoms with E-state index in [1.807, 2.05) is 0 Å². The molecule has 0 aliphatic heterocycles. The molecule has 12 heteroatoms. The predicted molar refractivity (Wildman–Crippen MR) is 116 cm³/mol. The molecule has 0 aliphatic rings. The zero-order chi connectivity index (χ0) is 23.0. The van der Waals surface area contributed by atoms with E-state index in [1.54, 1.807) is 35.2 Å². The summed E-state index contributed by atoms with van der Waals surface area (Å²) in [6.45, 7) is 0. The Labute approximate surface area is 180 Å². The quantitative estimate of drug-likeness (QED) is 0.379. The number of nitrogens with one attached hydrogen (secondary N) is 3. The molecular weight excluding hydrogens is 425 g/mol. The third-order valence-corrected chi connectivity index (χ3v) is 4.72. The van der Waals surface area contributed by atoms with E-state index in [0.29, 0.717) is 22.7 Å². The first kappa shape index (κ1) is 21.0. The van der Waals surface area contributed by atoms with Gasteiger partial charge in [0.25, 0.3) is 0 Å². The number of nitrogens with zero attached hydrogens (tertiary/aromatic N) is 4. The lowest BCUT2D eigenvalue weighted by Gasteiger charge is -2.20. The van der Waals surface area contributed by atoms with Gasteiger partial charge in [-0.05, 0) is 42.5 Å². The summed E-state index contributed by atoms with van der Waals surface area (Å²) in [4.78, 5) is 17.9. The monoisotopic (exact) mass is 444 g/mol. The summed E-state index contributed by atoms with van der Waals surface area (Å²) in [7, 11) is 3.04. The topological polar surface area (TPSA) is 117 Å². The van der Waals surface area contributed by atoms with Crippen molar-refractivity contribution in [1.82, 2.24) is 19.7 Å². The van der Waals surface area contributed by atoms with Gasteiger partial charge in [0.2, 0.25) is 0 Å². The maximum absolute atomic E-state index is 13.4. The zero-order valence-corrected chi connectivity index (χ0v) is 17.0. The van der Waals surface area contributed by atoms with Crippen molar-refractivity contribution in [3.8, 4) is 5.69 Å². The summed E-state index contributed by atoms with van der Waals surface area (Å²) in [5, 5.41) is 11.8. The van der Waals surface area contributed by atoms with Gasteiger partial charge in [-0.25, -0.2) is 9.78 Å². The zero-order valence-electron chi connectivity index (χ0n) is 17.0. The van der Waals surface area contributed by atoms with Crippen molar-refractivity contribution in [2.24, 2.45) is 0 Å². The average Bonchev–Trinajstić information content (AvgIpc) is 3.31. The molecule has 0 spiro atoms. The second kappa shape index (κ2) is 7.80. The highest BCUT2D eigenvalue weighted by molar-refractivity contribution is 6.00. The van der Waals surface area contributed by atoms with Gasteiger partial charge in [-0.3, -0.25) is 9.67 Å². The number of imidazole rings is 1. The van der Waals surface area contributed by atoms with E-state index in [4.69, 9.17) is 5.73 Å². The molecule has 0 unspecified atom stereocenters. The maximum atomic E-state index is 13.4. The van der Waals surface area contributed by atoms with Gasteiger partial charge < -0.3 is 21.3 Å². The molecule has 0 saturated heterocycles. The number of aromatic nitrogens is 4. The average molecular weight is 444 g/mol. The van der Waals surface area contributed by atoms with Crippen LogP contribution in [-0.4, -0.2) is 39.9 Å². The normalized spacial score (nSPS) is 11.5. The number of rotatable bonds is 4. The highest BCUT2D eigenvalue weighted by Gasteiger charge is 2.34. The summed E-state index contributed by atoms with van der Waals surface area (Å²) in [6, 6.07) is 9.70. The molecule has 4 rings (SSSR count). The van der Waals surface area contributed by atoms with Gasteiger partial charge in [0.15, 0.2) is 11.2 Å². The minimum Gasteiger partial charge on any atom is -0.382 e. The number of hydrogen-bond acceptors (Lipinski definition) is 5. The van der Waals surface area contributed by atoms with E-state index >= 15 is 0 Å². The smallest absolute Gasteiger partial charge is 0.382 e. The Bertz CT molecular complexity index is 1270. The van der Waals surface area contributed by atoms with Gasteiger partial charge in [0.05, 0.1) is 5.56 Å². The second-order valence-corrected chi connectivity index (χ2v) is 7.17. The molecule has 2 aromatic heterocycles. The summed E-state index contributed by atoms with van der Waals surface area (Å²) in [6.07, 6.45) is -2.98. The van der Waals surface area contributed by atoms with Crippen molar-refractivity contribution in [2.75, 3.05) is 35.4 Å². The third kappa shape index (κ3) is 4.02. The fourth-order valence-corrected chi connectivity index (χ4v) is 3.22. The van der Waals surface area contributed by atoms with Gasteiger partial charge in [-0.15, -0.1) is 0 Å². The van der Waals surface area contributed by atoms with Crippen LogP contribution in [0.4, 0.5) is 40.8 Å². The Morgan fingerprint density at radius 1 is 1.09 bits per heavy atom. The molecule has 32 heavy (non-hydrogen) atoms. The van der Waals surface area contributed by atoms with Gasteiger partial charge >= 0.3 is 12.2 Å². The van der Waals surface area contributed by atoms with Crippen LogP contribution < -0.4 is 21.3 Å². The number of carbonyl (C=O) groups excluding carboxylic acids is 1. The predicted octanol–water partition coefficient (Wildman–Crippen LogP) is 4.06. The van der Waals surface area contributed by atoms with E-state index in [-0.39, 0.29) is 11.4 Å². The van der Waals surface area contributed by atoms with E-state index in [1.165, 1.54) is 31.1 Å². The van der Waals surface area contributed by atoms with Gasteiger partial charge in [0.1, 0.15) is 12.1 Å². The third-order valence-electron chi connectivity index (χ3n) is 4.72. The molecule has 0 fully saturated rings. The highest BCUT2D eigenvalue weighted by atomic mass is 19.4. The Morgan fingerprint density at radius 2 is 1.75 bits per heavy atom. The second-order valence-electron chi connectivity index (χ2n) is 7.17. The lowest BCUT2D eigenvalue weighted by atomic mass is 10.1. The Morgan fingerprint density at radius 3 is 2.41 bits per heavy atom. The molecule has 0 saturated carbocycles. The number of anilines is 4. The van der Waals surface area contributed by atoms with Crippen LogP contribution in [0.2, 0.25) is 0 Å². The number of aromatic amines is 1. The van der Waals surface area contributed by atoms with Crippen LogP contribution in [0.15, 0.2) is 48.8 Å². The number of alkyl halides is 3. The SMILES string of the molecule is CN(C)c1ccc(NC(=O)Nc2ccc(-n3cnc4c(N)[nH]nc43)cc2)cc1C(F)(F)F. The highest BCUT2D eigenvalue weighted by Crippen LogP contribution is 2.37. The van der Waals surface area contributed by atoms with Crippen LogP contribution in [-0.2, 0) is 6.18 Å². The van der Waals surface area contributed by atoms with Crippen LogP contribution in [0.1, 0.15) is 5.56 Å². The van der Waals surface area contributed by atoms with Gasteiger partial charge in [-0.1, -0.05) is 0 Å². The van der Waals surface area contributed by atoms with Gasteiger partial charge in [0, 0.05) is 36.8 Å². The largest absolute Gasteiger partial charge is 0.418 e. The van der Waals surface area contributed by atoms with Gasteiger partial charge in [-0.2, -0.15) is 18.3 Å². The number of carbonyl (C=O) groups is 1. The molecule has 0 atom stereocenters. The molecule has 0 radical (unpaired) electrons. The van der Waals surface area contributed by atoms with Crippen molar-refractivity contribution < 1.29 is 18.0 Å². The van der Waals surface area contributed by atoms with Crippen LogP contribution in [0, 0.1) is 0 Å². The number of amides is 2. The standard InChI is InChI=1S/C20H19F3N8O/c1-30(2)15-8-5-12(9-14(15)20(21,22)23)27-19(32)26-11-3-6-13(7-4-11)31-10-25-16-17(24)28-29-18(16)31/h3-10H,1-2H3,(H3,24,28,29)(H2,26,27,32). The number of nitrogen functional groups attached to an aromatic ring is 1. The molecule has 0 bridgehead atoms. The molecular formula is C20H19F3N8O. The summed E-state index contributed by atoms with van der Waals surface area (Å²) in [5.74, 6) is 0.362. The molecule has 2 heterocycles. The molecule has 0 aliphatic carbocycles. The number of benzene rings is 2. The minimum atomic E-state index is -4.55. The van der Waals surface area contributed by atoms with Crippen LogP contribution in [0.25, 0.3) is 16.9 Å². The van der Waals surface area contributed by atoms with E-state index in [0.717, 1.165) is 11.8 Å². The van der Waals surface area contributed by atoms with Crippen molar-refractivity contribution in [3.05, 3.63) is 54.4 Å². The fraction of sp³-hybridized carbons (Fsp3) is 0.150. The molecule has 166 valence electrons. The Hall–Kier alpha value is -4.22. The minimum absolute atomic E-state index is 0.00586. The van der Waals surface area contributed by atoms with E-state index in [2.05, 4.69) is 25.8 Å². The summed E-state index contributed by atoms with van der Waals surface area (Å²) in [5.41, 5.74) is 7.23. The summed E-state index contributed by atoms with van der Waals surface area (Å²) >= 11 is 0. The summed E-state index contributed by atoms with van der Waals surface area (Å²) < 4.78 is 41.8. The molecule has 9 nitrogen and oxygen atoms in total. The lowest BCUT2D eigenvalue weighted by Crippen LogP contribution is -2.21. The molecule has 2 aromatic carbocycles. The number of nitrogens with two attached hydrogens (primary N) is 1. The van der Waals surface area contributed by atoms with Crippen molar-refractivity contribution in [2.45, 2.75) is 6.18 Å². The van der Waals surface area contributed by atoms with E-state index in [9.17, 15) is 18.0 Å². The van der Waals surface area contributed by atoms with Crippen molar-refractivity contribution >= 4 is 40.1 Å². The van der Waals surface area contributed by atoms with Crippen LogP contribution in [0.5, 0.6) is 0 Å². The molecule has 5 N–H and O–H groups in total. The van der Waals surface area contributed by atoms with Crippen LogP contribution >= 0.6 is 0 Å². The first-order valence-corrected chi connectivity index (χ1v) is 9.37. The Balaban J connectivity index is 1.48.